The van der Waals surface area contributed by atoms with Gasteiger partial charge in [-0.2, -0.15) is 0 Å². The highest BCUT2D eigenvalue weighted by atomic mass is 16.5. The first-order valence-corrected chi connectivity index (χ1v) is 4.98. The Kier molecular flexibility index (Phi) is 4.44. The van der Waals surface area contributed by atoms with E-state index in [-0.39, 0.29) is 12.1 Å². The van der Waals surface area contributed by atoms with Crippen LogP contribution in [0.2, 0.25) is 0 Å². The highest BCUT2D eigenvalue weighted by Gasteiger charge is 2.03. The number of benzene rings is 1. The maximum Gasteiger partial charge on any atom is 0.186 e. The second-order valence-corrected chi connectivity index (χ2v) is 3.37. The fourth-order valence-electron chi connectivity index (χ4n) is 1.16. The number of ether oxygens (including phenoxy) is 2. The second-order valence-electron chi connectivity index (χ2n) is 3.37. The van der Waals surface area contributed by atoms with Crippen molar-refractivity contribution in [2.45, 2.75) is 13.0 Å². The quantitative estimate of drug-likeness (QED) is 0.569. The molecule has 0 fully saturated rings. The molecule has 16 heavy (non-hydrogen) atoms. The molecule has 0 heterocycles. The van der Waals surface area contributed by atoms with E-state index in [1.54, 1.807) is 7.11 Å². The molecule has 0 spiro atoms. The van der Waals surface area contributed by atoms with E-state index in [1.165, 1.54) is 0 Å². The highest BCUT2D eigenvalue weighted by Crippen LogP contribution is 2.18. The van der Waals surface area contributed by atoms with Crippen LogP contribution in [0.1, 0.15) is 6.92 Å². The fourth-order valence-corrected chi connectivity index (χ4v) is 1.16. The van der Waals surface area contributed by atoms with Crippen molar-refractivity contribution in [2.75, 3.05) is 13.7 Å². The maximum absolute atomic E-state index is 5.59. The fraction of sp³-hybridized carbons (Fsp3) is 0.364. The highest BCUT2D eigenvalue weighted by molar-refractivity contribution is 5.75. The standard InChI is InChI=1S/C11H17N3O2/c1-8(7-14-11(12)13)16-10-5-3-9(15-2)4-6-10/h3-6,8H,7H2,1-2H3,(H4,12,13,14). The molecule has 1 atom stereocenters. The van der Waals surface area contributed by atoms with Crippen LogP contribution in [0.4, 0.5) is 0 Å². The molecule has 1 unspecified atom stereocenters. The SMILES string of the molecule is COc1ccc(OC(C)CN=C(N)N)cc1. The summed E-state index contributed by atoms with van der Waals surface area (Å²) in [5, 5.41) is 0. The Morgan fingerprint density at radius 3 is 2.31 bits per heavy atom. The van der Waals surface area contributed by atoms with Crippen LogP contribution in [0.5, 0.6) is 11.5 Å². The summed E-state index contributed by atoms with van der Waals surface area (Å²) < 4.78 is 10.6. The minimum Gasteiger partial charge on any atom is -0.497 e. The molecule has 0 aliphatic heterocycles. The third-order valence-corrected chi connectivity index (χ3v) is 1.93. The van der Waals surface area contributed by atoms with E-state index in [4.69, 9.17) is 20.9 Å². The van der Waals surface area contributed by atoms with Gasteiger partial charge in [0.1, 0.15) is 17.6 Å². The average Bonchev–Trinajstić information content (AvgIpc) is 2.27. The lowest BCUT2D eigenvalue weighted by atomic mass is 10.3. The minimum absolute atomic E-state index is 0.0736. The third-order valence-electron chi connectivity index (χ3n) is 1.93. The summed E-state index contributed by atoms with van der Waals surface area (Å²) in [6.45, 7) is 2.34. The van der Waals surface area contributed by atoms with E-state index in [2.05, 4.69) is 4.99 Å². The topological polar surface area (TPSA) is 82.9 Å². The predicted octanol–water partition coefficient (Wildman–Crippen LogP) is 0.736. The summed E-state index contributed by atoms with van der Waals surface area (Å²) in [5.74, 6) is 1.63. The van der Waals surface area contributed by atoms with Gasteiger partial charge in [0, 0.05) is 0 Å². The van der Waals surface area contributed by atoms with Crippen LogP contribution >= 0.6 is 0 Å². The van der Waals surface area contributed by atoms with Gasteiger partial charge in [0.25, 0.3) is 0 Å². The van der Waals surface area contributed by atoms with Gasteiger partial charge in [0.2, 0.25) is 0 Å². The molecule has 88 valence electrons. The molecule has 0 saturated heterocycles. The first-order valence-electron chi connectivity index (χ1n) is 4.98. The number of methoxy groups -OCH3 is 1. The summed E-state index contributed by atoms with van der Waals surface area (Å²) in [6, 6.07) is 7.35. The van der Waals surface area contributed by atoms with Gasteiger partial charge >= 0.3 is 0 Å². The monoisotopic (exact) mass is 223 g/mol. The lowest BCUT2D eigenvalue weighted by molar-refractivity contribution is 0.230. The summed E-state index contributed by atoms with van der Waals surface area (Å²) in [4.78, 5) is 3.88. The van der Waals surface area contributed by atoms with Crippen molar-refractivity contribution in [3.05, 3.63) is 24.3 Å². The van der Waals surface area contributed by atoms with Crippen molar-refractivity contribution >= 4 is 5.96 Å². The smallest absolute Gasteiger partial charge is 0.186 e. The van der Waals surface area contributed by atoms with E-state index < -0.39 is 0 Å². The molecule has 1 aromatic rings. The first kappa shape index (κ1) is 12.2. The van der Waals surface area contributed by atoms with Gasteiger partial charge in [0.05, 0.1) is 13.7 Å². The van der Waals surface area contributed by atoms with E-state index in [0.717, 1.165) is 11.5 Å². The summed E-state index contributed by atoms with van der Waals surface area (Å²) in [7, 11) is 1.62. The van der Waals surface area contributed by atoms with Crippen LogP contribution in [-0.2, 0) is 0 Å². The third kappa shape index (κ3) is 4.08. The molecule has 0 amide bonds. The number of nitrogens with zero attached hydrogens (tertiary/aromatic N) is 1. The Hall–Kier alpha value is -1.91. The number of hydrogen-bond acceptors (Lipinski definition) is 3. The van der Waals surface area contributed by atoms with E-state index >= 15 is 0 Å². The predicted molar refractivity (Wildman–Crippen MR) is 63.8 cm³/mol. The van der Waals surface area contributed by atoms with Gasteiger partial charge in [-0.1, -0.05) is 0 Å². The maximum atomic E-state index is 5.59. The largest absolute Gasteiger partial charge is 0.497 e. The van der Waals surface area contributed by atoms with Gasteiger partial charge in [0.15, 0.2) is 5.96 Å². The van der Waals surface area contributed by atoms with Gasteiger partial charge in [-0.05, 0) is 31.2 Å². The zero-order valence-electron chi connectivity index (χ0n) is 9.51. The first-order chi connectivity index (χ1) is 7.61. The number of guanidine groups is 1. The molecule has 0 aliphatic rings. The van der Waals surface area contributed by atoms with Crippen molar-refractivity contribution in [3.8, 4) is 11.5 Å². The molecule has 0 aromatic heterocycles. The zero-order valence-corrected chi connectivity index (χ0v) is 9.51. The van der Waals surface area contributed by atoms with Crippen molar-refractivity contribution < 1.29 is 9.47 Å². The molecular weight excluding hydrogens is 206 g/mol. The molecule has 1 rings (SSSR count). The van der Waals surface area contributed by atoms with Crippen LogP contribution in [-0.4, -0.2) is 25.7 Å². The molecule has 0 radical (unpaired) electrons. The Morgan fingerprint density at radius 2 is 1.81 bits per heavy atom. The molecule has 1 aromatic carbocycles. The van der Waals surface area contributed by atoms with Crippen molar-refractivity contribution in [1.82, 2.24) is 0 Å². The molecular formula is C11H17N3O2. The van der Waals surface area contributed by atoms with Crippen molar-refractivity contribution in [1.29, 1.82) is 0 Å². The molecule has 5 heteroatoms. The molecule has 0 bridgehead atoms. The number of hydrogen-bond donors (Lipinski definition) is 2. The number of nitrogens with two attached hydrogens (primary N) is 2. The molecule has 0 saturated carbocycles. The second kappa shape index (κ2) is 5.85. The van der Waals surface area contributed by atoms with E-state index in [9.17, 15) is 0 Å². The number of aliphatic imine (C=N–C) groups is 1. The van der Waals surface area contributed by atoms with Crippen LogP contribution in [0.25, 0.3) is 0 Å². The number of rotatable bonds is 5. The molecule has 4 N–H and O–H groups in total. The lowest BCUT2D eigenvalue weighted by Crippen LogP contribution is -2.26. The molecule has 0 aliphatic carbocycles. The van der Waals surface area contributed by atoms with Crippen molar-refractivity contribution in [3.63, 3.8) is 0 Å². The Labute approximate surface area is 95.1 Å². The van der Waals surface area contributed by atoms with Crippen LogP contribution < -0.4 is 20.9 Å². The Bertz CT molecular complexity index is 345. The van der Waals surface area contributed by atoms with Crippen molar-refractivity contribution in [2.24, 2.45) is 16.5 Å². The van der Waals surface area contributed by atoms with Crippen LogP contribution in [0, 0.1) is 0 Å². The lowest BCUT2D eigenvalue weighted by Gasteiger charge is -2.12. The van der Waals surface area contributed by atoms with Crippen LogP contribution in [0.3, 0.4) is 0 Å². The summed E-state index contributed by atoms with van der Waals surface area (Å²) in [5.41, 5.74) is 10.5. The minimum atomic E-state index is -0.0736. The Balaban J connectivity index is 2.49. The van der Waals surface area contributed by atoms with Gasteiger partial charge < -0.3 is 20.9 Å². The average molecular weight is 223 g/mol. The van der Waals surface area contributed by atoms with E-state index in [1.807, 2.05) is 31.2 Å². The van der Waals surface area contributed by atoms with Crippen LogP contribution in [0.15, 0.2) is 29.3 Å². The van der Waals surface area contributed by atoms with Gasteiger partial charge in [-0.15, -0.1) is 0 Å². The summed E-state index contributed by atoms with van der Waals surface area (Å²) >= 11 is 0. The molecule has 5 nitrogen and oxygen atoms in total. The van der Waals surface area contributed by atoms with E-state index in [0.29, 0.717) is 6.54 Å². The van der Waals surface area contributed by atoms with Gasteiger partial charge in [-0.25, -0.2) is 4.99 Å². The normalized spacial score (nSPS) is 11.6. The Morgan fingerprint density at radius 1 is 1.25 bits per heavy atom. The zero-order chi connectivity index (χ0) is 12.0. The summed E-state index contributed by atoms with van der Waals surface area (Å²) in [6.07, 6.45) is -0.0736. The van der Waals surface area contributed by atoms with Gasteiger partial charge in [-0.3, -0.25) is 0 Å².